The van der Waals surface area contributed by atoms with Gasteiger partial charge in [-0.2, -0.15) is 28.8 Å². The Bertz CT molecular complexity index is 1190. The molecule has 0 fully saturated rings. The van der Waals surface area contributed by atoms with Crippen molar-refractivity contribution >= 4 is 45.1 Å². The maximum atomic E-state index is 12.6. The van der Waals surface area contributed by atoms with E-state index in [1.54, 1.807) is 0 Å². The summed E-state index contributed by atoms with van der Waals surface area (Å²) in [5, 5.41) is 30.2. The molecule has 13 heteroatoms. The maximum absolute atomic E-state index is 12.6. The van der Waals surface area contributed by atoms with E-state index in [-0.39, 0.29) is 21.8 Å². The van der Waals surface area contributed by atoms with Crippen LogP contribution < -0.4 is 5.01 Å². The van der Waals surface area contributed by atoms with Crippen LogP contribution in [0.1, 0.15) is 10.4 Å². The lowest BCUT2D eigenvalue weighted by Gasteiger charge is -2.12. The second-order valence-electron chi connectivity index (χ2n) is 5.88. The first-order chi connectivity index (χ1) is 14.1. The fourth-order valence-electron chi connectivity index (χ4n) is 2.45. The van der Waals surface area contributed by atoms with Crippen molar-refractivity contribution in [2.45, 2.75) is 10.9 Å². The van der Waals surface area contributed by atoms with Crippen molar-refractivity contribution in [2.75, 3.05) is 5.01 Å². The predicted molar refractivity (Wildman–Crippen MR) is 101 cm³/mol. The first-order valence-electron chi connectivity index (χ1n) is 8.05. The van der Waals surface area contributed by atoms with Crippen LogP contribution in [-0.4, -0.2) is 52.8 Å². The van der Waals surface area contributed by atoms with Crippen LogP contribution in [0.3, 0.4) is 0 Å². The summed E-state index contributed by atoms with van der Waals surface area (Å²) in [5.74, 6) is -3.50. The van der Waals surface area contributed by atoms with Crippen LogP contribution in [-0.2, 0) is 19.7 Å². The standard InChI is InChI=1S/C17H12N4O8S/c22-15-13(19-18-10-3-7-12(8-4-10)30(27,28)29)14(17(25)26)20-21(15)11-5-1-9(2-6-11)16(23)24/h1-8,13H,(H,23,24)(H,25,26)(H,27,28,29). The number of nitrogens with zero attached hydrogens (tertiary/aromatic N) is 4. The Balaban J connectivity index is 1.87. The Morgan fingerprint density at radius 1 is 0.967 bits per heavy atom. The average molecular weight is 432 g/mol. The summed E-state index contributed by atoms with van der Waals surface area (Å²) in [4.78, 5) is 34.6. The molecular weight excluding hydrogens is 420 g/mol. The molecule has 1 atom stereocenters. The number of hydrazone groups is 1. The summed E-state index contributed by atoms with van der Waals surface area (Å²) in [5.41, 5.74) is -0.388. The summed E-state index contributed by atoms with van der Waals surface area (Å²) in [6, 6.07) is 7.99. The smallest absolute Gasteiger partial charge is 0.355 e. The summed E-state index contributed by atoms with van der Waals surface area (Å²) in [6.45, 7) is 0. The van der Waals surface area contributed by atoms with Crippen molar-refractivity contribution in [3.8, 4) is 0 Å². The van der Waals surface area contributed by atoms with Crippen LogP contribution in [0.4, 0.5) is 11.4 Å². The third-order valence-corrected chi connectivity index (χ3v) is 4.78. The monoisotopic (exact) mass is 432 g/mol. The van der Waals surface area contributed by atoms with Gasteiger partial charge in [-0.15, -0.1) is 0 Å². The Morgan fingerprint density at radius 3 is 2.07 bits per heavy atom. The number of benzene rings is 2. The van der Waals surface area contributed by atoms with Crippen molar-refractivity contribution < 1.29 is 37.6 Å². The molecule has 1 heterocycles. The van der Waals surface area contributed by atoms with Gasteiger partial charge in [0.25, 0.3) is 16.0 Å². The quantitative estimate of drug-likeness (QED) is 0.453. The molecule has 1 aliphatic heterocycles. The normalized spacial score (nSPS) is 16.7. The summed E-state index contributed by atoms with van der Waals surface area (Å²) in [7, 11) is -4.39. The first-order valence-corrected chi connectivity index (χ1v) is 9.49. The van der Waals surface area contributed by atoms with Crippen LogP contribution in [0.5, 0.6) is 0 Å². The Hall–Kier alpha value is -3.97. The van der Waals surface area contributed by atoms with Crippen molar-refractivity contribution in [3.63, 3.8) is 0 Å². The number of carbonyl (C=O) groups is 3. The van der Waals surface area contributed by atoms with Crippen molar-refractivity contribution in [1.29, 1.82) is 0 Å². The minimum atomic E-state index is -4.39. The second kappa shape index (κ2) is 7.81. The van der Waals surface area contributed by atoms with E-state index in [0.717, 1.165) is 17.1 Å². The molecule has 2 aromatic carbocycles. The minimum Gasteiger partial charge on any atom is -0.478 e. The topological polar surface area (TPSA) is 186 Å². The number of aliphatic carboxylic acids is 1. The zero-order chi connectivity index (χ0) is 22.1. The number of rotatable bonds is 6. The molecule has 30 heavy (non-hydrogen) atoms. The van der Waals surface area contributed by atoms with Gasteiger partial charge in [0.1, 0.15) is 0 Å². The molecule has 3 rings (SSSR count). The van der Waals surface area contributed by atoms with Crippen LogP contribution >= 0.6 is 0 Å². The van der Waals surface area contributed by atoms with Gasteiger partial charge < -0.3 is 10.2 Å². The molecule has 1 amide bonds. The van der Waals surface area contributed by atoms with E-state index in [1.807, 2.05) is 0 Å². The molecule has 1 aliphatic rings. The predicted octanol–water partition coefficient (Wildman–Crippen LogP) is 1.57. The van der Waals surface area contributed by atoms with Crippen molar-refractivity contribution in [3.05, 3.63) is 54.1 Å². The van der Waals surface area contributed by atoms with E-state index in [0.29, 0.717) is 0 Å². The molecule has 1 unspecified atom stereocenters. The van der Waals surface area contributed by atoms with Crippen molar-refractivity contribution in [1.82, 2.24) is 0 Å². The van der Waals surface area contributed by atoms with E-state index in [9.17, 15) is 27.9 Å². The van der Waals surface area contributed by atoms with Crippen molar-refractivity contribution in [2.24, 2.45) is 15.3 Å². The van der Waals surface area contributed by atoms with Crippen LogP contribution in [0, 0.1) is 0 Å². The van der Waals surface area contributed by atoms with Crippen LogP contribution in [0.2, 0.25) is 0 Å². The number of azo groups is 1. The number of hydrogen-bond donors (Lipinski definition) is 3. The fraction of sp³-hybridized carbons (Fsp3) is 0.0588. The lowest BCUT2D eigenvalue weighted by Crippen LogP contribution is -2.33. The number of aromatic carboxylic acids is 1. The summed E-state index contributed by atoms with van der Waals surface area (Å²) < 4.78 is 31.0. The minimum absolute atomic E-state index is 0.0302. The molecule has 0 saturated carbocycles. The summed E-state index contributed by atoms with van der Waals surface area (Å²) >= 11 is 0. The lowest BCUT2D eigenvalue weighted by atomic mass is 10.1. The Morgan fingerprint density at radius 2 is 1.57 bits per heavy atom. The highest BCUT2D eigenvalue weighted by Crippen LogP contribution is 2.24. The second-order valence-corrected chi connectivity index (χ2v) is 7.30. The third-order valence-electron chi connectivity index (χ3n) is 3.91. The molecule has 0 bridgehead atoms. The van der Waals surface area contributed by atoms with E-state index in [2.05, 4.69) is 15.3 Å². The first kappa shape index (κ1) is 20.8. The number of carbonyl (C=O) groups excluding carboxylic acids is 1. The van der Waals surface area contributed by atoms with E-state index < -0.39 is 39.7 Å². The molecule has 2 aromatic rings. The maximum Gasteiger partial charge on any atom is 0.355 e. The highest BCUT2D eigenvalue weighted by Gasteiger charge is 2.41. The van der Waals surface area contributed by atoms with Gasteiger partial charge in [-0.3, -0.25) is 9.35 Å². The zero-order valence-corrected chi connectivity index (χ0v) is 15.6. The molecule has 3 N–H and O–H groups in total. The number of hydrogen-bond acceptors (Lipinski definition) is 8. The lowest BCUT2D eigenvalue weighted by molar-refractivity contribution is -0.130. The van der Waals surface area contributed by atoms with Gasteiger partial charge in [0.2, 0.25) is 6.04 Å². The molecular formula is C17H12N4O8S. The largest absolute Gasteiger partial charge is 0.478 e. The molecule has 0 spiro atoms. The highest BCUT2D eigenvalue weighted by molar-refractivity contribution is 7.85. The number of carboxylic acids is 2. The van der Waals surface area contributed by atoms with Crippen LogP contribution in [0.25, 0.3) is 0 Å². The van der Waals surface area contributed by atoms with Gasteiger partial charge in [0, 0.05) is 0 Å². The molecule has 154 valence electrons. The Labute approximate surface area is 168 Å². The third kappa shape index (κ3) is 4.21. The summed E-state index contributed by atoms with van der Waals surface area (Å²) in [6.07, 6.45) is 0. The van der Waals surface area contributed by atoms with Gasteiger partial charge >= 0.3 is 11.9 Å². The zero-order valence-electron chi connectivity index (χ0n) is 14.8. The van der Waals surface area contributed by atoms with Gasteiger partial charge in [-0.25, -0.2) is 9.59 Å². The van der Waals surface area contributed by atoms with E-state index in [1.165, 1.54) is 36.4 Å². The van der Waals surface area contributed by atoms with Gasteiger partial charge in [0.15, 0.2) is 5.71 Å². The fourth-order valence-corrected chi connectivity index (χ4v) is 2.93. The van der Waals surface area contributed by atoms with Gasteiger partial charge in [-0.1, -0.05) is 0 Å². The average Bonchev–Trinajstić information content (AvgIpc) is 3.02. The molecule has 0 radical (unpaired) electrons. The number of anilines is 1. The van der Waals surface area contributed by atoms with E-state index in [4.69, 9.17) is 9.66 Å². The van der Waals surface area contributed by atoms with E-state index >= 15 is 0 Å². The van der Waals surface area contributed by atoms with Crippen LogP contribution in [0.15, 0.2) is 68.8 Å². The molecule has 0 aromatic heterocycles. The van der Waals surface area contributed by atoms with Gasteiger partial charge in [0.05, 0.1) is 21.8 Å². The number of amides is 1. The molecule has 12 nitrogen and oxygen atoms in total. The number of carboxylic acid groups (broad SMARTS) is 2. The van der Waals surface area contributed by atoms with Gasteiger partial charge in [-0.05, 0) is 48.5 Å². The molecule has 0 saturated heterocycles. The SMILES string of the molecule is O=C(O)C1=NN(c2ccc(C(=O)O)cc2)C(=O)C1N=Nc1ccc(S(=O)(=O)O)cc1. The highest BCUT2D eigenvalue weighted by atomic mass is 32.2. The Kier molecular flexibility index (Phi) is 5.40. The molecule has 0 aliphatic carbocycles.